The van der Waals surface area contributed by atoms with Crippen molar-refractivity contribution in [1.82, 2.24) is 4.98 Å². The number of carbonyl (C=O) groups is 2. The van der Waals surface area contributed by atoms with Gasteiger partial charge in [-0.05, 0) is 43.7 Å². The Kier molecular flexibility index (Phi) is 5.18. The molecular formula is C23H23N3O4S. The molecule has 1 aromatic heterocycles. The molecule has 3 aromatic rings. The lowest BCUT2D eigenvalue weighted by Gasteiger charge is -2.16. The van der Waals surface area contributed by atoms with Crippen LogP contribution in [-0.2, 0) is 10.2 Å². The lowest BCUT2D eigenvalue weighted by atomic mass is 9.85. The molecule has 0 saturated heterocycles. The van der Waals surface area contributed by atoms with Gasteiger partial charge in [-0.15, -0.1) is 11.3 Å². The maximum Gasteiger partial charge on any atom is 0.265 e. The van der Waals surface area contributed by atoms with Crippen LogP contribution in [0.1, 0.15) is 29.8 Å². The third-order valence-corrected chi connectivity index (χ3v) is 6.30. The Balaban J connectivity index is 1.62. The van der Waals surface area contributed by atoms with E-state index >= 15 is 0 Å². The van der Waals surface area contributed by atoms with E-state index in [1.807, 2.05) is 37.4 Å². The van der Waals surface area contributed by atoms with E-state index in [-0.39, 0.29) is 11.8 Å². The van der Waals surface area contributed by atoms with Crippen molar-refractivity contribution in [3.63, 3.8) is 0 Å². The number of methoxy groups -OCH3 is 2. The van der Waals surface area contributed by atoms with Crippen molar-refractivity contribution in [2.45, 2.75) is 19.3 Å². The van der Waals surface area contributed by atoms with Crippen molar-refractivity contribution >= 4 is 34.0 Å². The molecule has 0 unspecified atom stereocenters. The zero-order chi connectivity index (χ0) is 22.3. The van der Waals surface area contributed by atoms with E-state index in [9.17, 15) is 9.59 Å². The smallest absolute Gasteiger partial charge is 0.265 e. The second-order valence-corrected chi connectivity index (χ2v) is 8.61. The van der Waals surface area contributed by atoms with Gasteiger partial charge in [-0.3, -0.25) is 14.9 Å². The van der Waals surface area contributed by atoms with Crippen LogP contribution in [0.2, 0.25) is 0 Å². The largest absolute Gasteiger partial charge is 0.496 e. The van der Waals surface area contributed by atoms with Crippen LogP contribution in [0.5, 0.6) is 11.5 Å². The van der Waals surface area contributed by atoms with Gasteiger partial charge in [0.15, 0.2) is 5.13 Å². The van der Waals surface area contributed by atoms with Crippen molar-refractivity contribution in [3.8, 4) is 22.8 Å². The molecule has 2 heterocycles. The summed E-state index contributed by atoms with van der Waals surface area (Å²) in [5, 5.41) is 5.17. The number of nitrogens with one attached hydrogen (secondary N) is 1. The van der Waals surface area contributed by atoms with Gasteiger partial charge in [0.2, 0.25) is 5.91 Å². The van der Waals surface area contributed by atoms with Crippen LogP contribution in [0.25, 0.3) is 11.3 Å². The van der Waals surface area contributed by atoms with Crippen molar-refractivity contribution in [2.75, 3.05) is 31.5 Å². The highest BCUT2D eigenvalue weighted by atomic mass is 32.1. The second-order valence-electron chi connectivity index (χ2n) is 7.75. The van der Waals surface area contributed by atoms with E-state index in [4.69, 9.17) is 9.47 Å². The minimum absolute atomic E-state index is 0.0663. The van der Waals surface area contributed by atoms with Crippen molar-refractivity contribution in [3.05, 3.63) is 52.9 Å². The molecule has 1 aliphatic rings. The lowest BCUT2D eigenvalue weighted by Crippen LogP contribution is -2.33. The Morgan fingerprint density at radius 2 is 1.81 bits per heavy atom. The summed E-state index contributed by atoms with van der Waals surface area (Å²) in [7, 11) is 4.80. The van der Waals surface area contributed by atoms with E-state index < -0.39 is 5.41 Å². The molecule has 0 aliphatic carbocycles. The molecule has 31 heavy (non-hydrogen) atoms. The highest BCUT2D eigenvalue weighted by Gasteiger charge is 2.42. The fraction of sp³-hybridized carbons (Fsp3) is 0.261. The van der Waals surface area contributed by atoms with Crippen LogP contribution in [0.15, 0.2) is 41.8 Å². The highest BCUT2D eigenvalue weighted by molar-refractivity contribution is 7.14. The molecule has 2 aromatic carbocycles. The minimum Gasteiger partial charge on any atom is -0.496 e. The molecule has 1 aliphatic heterocycles. The normalized spacial score (nSPS) is 14.4. The third kappa shape index (κ3) is 3.42. The molecule has 0 fully saturated rings. The van der Waals surface area contributed by atoms with Crippen LogP contribution in [0, 0.1) is 0 Å². The SMILES string of the molecule is COc1cccc(OC)c1C(=O)Nc1nc(-c2ccc3c(c2)C(C)(C)C(=O)N3C)cs1. The number of carbonyl (C=O) groups excluding carboxylic acids is 2. The Hall–Kier alpha value is -3.39. The number of aromatic nitrogens is 1. The van der Waals surface area contributed by atoms with E-state index in [2.05, 4.69) is 10.3 Å². The molecule has 0 bridgehead atoms. The van der Waals surface area contributed by atoms with Gasteiger partial charge in [-0.2, -0.15) is 0 Å². The number of amides is 2. The summed E-state index contributed by atoms with van der Waals surface area (Å²) in [6.07, 6.45) is 0. The Labute approximate surface area is 184 Å². The van der Waals surface area contributed by atoms with Crippen LogP contribution in [-0.4, -0.2) is 38.1 Å². The van der Waals surface area contributed by atoms with Gasteiger partial charge in [-0.1, -0.05) is 12.1 Å². The van der Waals surface area contributed by atoms with E-state index in [0.717, 1.165) is 22.5 Å². The van der Waals surface area contributed by atoms with Crippen molar-refractivity contribution < 1.29 is 19.1 Å². The van der Waals surface area contributed by atoms with Crippen molar-refractivity contribution in [1.29, 1.82) is 0 Å². The maximum atomic E-state index is 12.9. The Morgan fingerprint density at radius 3 is 2.45 bits per heavy atom. The number of hydrogen-bond donors (Lipinski definition) is 1. The van der Waals surface area contributed by atoms with Gasteiger partial charge in [0.1, 0.15) is 17.1 Å². The van der Waals surface area contributed by atoms with Crippen LogP contribution in [0.3, 0.4) is 0 Å². The highest BCUT2D eigenvalue weighted by Crippen LogP contribution is 2.42. The number of ether oxygens (including phenoxy) is 2. The Bertz CT molecular complexity index is 1160. The molecule has 0 spiro atoms. The number of fused-ring (bicyclic) bond motifs is 1. The summed E-state index contributed by atoms with van der Waals surface area (Å²) >= 11 is 1.33. The first-order valence-electron chi connectivity index (χ1n) is 9.69. The summed E-state index contributed by atoms with van der Waals surface area (Å²) in [6.45, 7) is 3.85. The predicted octanol–water partition coefficient (Wildman–Crippen LogP) is 4.33. The van der Waals surface area contributed by atoms with Gasteiger partial charge in [0.05, 0.1) is 25.3 Å². The number of benzene rings is 2. The number of rotatable bonds is 5. The summed E-state index contributed by atoms with van der Waals surface area (Å²) in [5.41, 5.74) is 3.22. The summed E-state index contributed by atoms with van der Waals surface area (Å²) in [5.74, 6) is 0.542. The van der Waals surface area contributed by atoms with E-state index in [1.165, 1.54) is 25.6 Å². The van der Waals surface area contributed by atoms with Crippen LogP contribution < -0.4 is 19.7 Å². The number of nitrogens with zero attached hydrogens (tertiary/aromatic N) is 2. The first-order chi connectivity index (χ1) is 14.8. The lowest BCUT2D eigenvalue weighted by molar-refractivity contribution is -0.121. The predicted molar refractivity (Wildman–Crippen MR) is 121 cm³/mol. The summed E-state index contributed by atoms with van der Waals surface area (Å²) in [6, 6.07) is 11.0. The molecule has 2 amide bonds. The first-order valence-corrected chi connectivity index (χ1v) is 10.6. The average molecular weight is 438 g/mol. The fourth-order valence-corrected chi connectivity index (χ4v) is 4.55. The number of anilines is 2. The van der Waals surface area contributed by atoms with Crippen LogP contribution >= 0.6 is 11.3 Å². The standard InChI is InChI=1S/C23H23N3O4S/c1-23(2)14-11-13(9-10-16(14)26(3)21(23)28)15-12-31-22(24-15)25-20(27)19-17(29-4)7-6-8-18(19)30-5/h6-12H,1-5H3,(H,24,25,27). The zero-order valence-electron chi connectivity index (χ0n) is 18.0. The molecule has 4 rings (SSSR count). The number of thiazole rings is 1. The molecule has 0 atom stereocenters. The summed E-state index contributed by atoms with van der Waals surface area (Å²) in [4.78, 5) is 31.7. The van der Waals surface area contributed by atoms with Gasteiger partial charge < -0.3 is 14.4 Å². The van der Waals surface area contributed by atoms with Gasteiger partial charge in [-0.25, -0.2) is 4.98 Å². The van der Waals surface area contributed by atoms with Gasteiger partial charge in [0, 0.05) is 23.7 Å². The topological polar surface area (TPSA) is 80.8 Å². The molecular weight excluding hydrogens is 414 g/mol. The number of hydrogen-bond acceptors (Lipinski definition) is 6. The Morgan fingerprint density at radius 1 is 1.13 bits per heavy atom. The van der Waals surface area contributed by atoms with Gasteiger partial charge in [0.25, 0.3) is 5.91 Å². The zero-order valence-corrected chi connectivity index (χ0v) is 18.8. The van der Waals surface area contributed by atoms with Gasteiger partial charge >= 0.3 is 0 Å². The molecule has 7 nitrogen and oxygen atoms in total. The average Bonchev–Trinajstić information content (AvgIpc) is 3.30. The van der Waals surface area contributed by atoms with Crippen LogP contribution in [0.4, 0.5) is 10.8 Å². The van der Waals surface area contributed by atoms with E-state index in [0.29, 0.717) is 22.2 Å². The fourth-order valence-electron chi connectivity index (χ4n) is 3.83. The number of likely N-dealkylation sites (N-methyl/N-ethyl adjacent to an activating group) is 1. The summed E-state index contributed by atoms with van der Waals surface area (Å²) < 4.78 is 10.6. The third-order valence-electron chi connectivity index (χ3n) is 5.55. The molecule has 8 heteroatoms. The quantitative estimate of drug-likeness (QED) is 0.642. The monoisotopic (exact) mass is 437 g/mol. The van der Waals surface area contributed by atoms with E-state index in [1.54, 1.807) is 30.1 Å². The second kappa shape index (κ2) is 7.70. The maximum absolute atomic E-state index is 12.9. The van der Waals surface area contributed by atoms with Crippen molar-refractivity contribution in [2.24, 2.45) is 0 Å². The molecule has 0 radical (unpaired) electrons. The minimum atomic E-state index is -0.590. The molecule has 0 saturated carbocycles. The first kappa shape index (κ1) is 20.9. The molecule has 160 valence electrons. The molecule has 1 N–H and O–H groups in total.